The number of benzene rings is 2. The second-order valence-corrected chi connectivity index (χ2v) is 6.37. The molecule has 0 aliphatic heterocycles. The Morgan fingerprint density at radius 3 is 2.38 bits per heavy atom. The first-order valence-electron chi connectivity index (χ1n) is 8.89. The Morgan fingerprint density at radius 1 is 0.966 bits per heavy atom. The lowest BCUT2D eigenvalue weighted by atomic mass is 10.2. The van der Waals surface area contributed by atoms with Crippen LogP contribution in [0.5, 0.6) is 11.5 Å². The molecular formula is C21H22N4O4. The van der Waals surface area contributed by atoms with Gasteiger partial charge < -0.3 is 20.1 Å². The average molecular weight is 394 g/mol. The Morgan fingerprint density at radius 2 is 1.69 bits per heavy atom. The van der Waals surface area contributed by atoms with Crippen molar-refractivity contribution >= 4 is 23.2 Å². The molecule has 3 aromatic rings. The van der Waals surface area contributed by atoms with Gasteiger partial charge in [0.2, 0.25) is 5.91 Å². The van der Waals surface area contributed by atoms with Crippen LogP contribution in [0.1, 0.15) is 23.0 Å². The maximum Gasteiger partial charge on any atom is 0.276 e. The van der Waals surface area contributed by atoms with E-state index >= 15 is 0 Å². The molecule has 0 bridgehead atoms. The molecule has 0 atom stereocenters. The van der Waals surface area contributed by atoms with Gasteiger partial charge in [0.25, 0.3) is 5.91 Å². The van der Waals surface area contributed by atoms with Crippen molar-refractivity contribution in [2.24, 2.45) is 0 Å². The minimum absolute atomic E-state index is 0.210. The van der Waals surface area contributed by atoms with E-state index in [1.807, 2.05) is 25.1 Å². The van der Waals surface area contributed by atoms with E-state index in [0.717, 1.165) is 11.3 Å². The van der Waals surface area contributed by atoms with Crippen LogP contribution < -0.4 is 20.1 Å². The van der Waals surface area contributed by atoms with E-state index in [0.29, 0.717) is 22.9 Å². The standard InChI is InChI=1S/C21H22N4O4/c1-13-5-7-20(29-4)18(11-13)25-10-9-16(24-25)21(27)23-17-12-15(22-14(2)26)6-8-19(17)28-3/h5-12H,1-4H3,(H,22,26)(H,23,27). The van der Waals surface area contributed by atoms with Gasteiger partial charge in [-0.2, -0.15) is 5.10 Å². The summed E-state index contributed by atoms with van der Waals surface area (Å²) in [6.07, 6.45) is 1.69. The molecule has 1 heterocycles. The molecular weight excluding hydrogens is 372 g/mol. The fourth-order valence-corrected chi connectivity index (χ4v) is 2.83. The second kappa shape index (κ2) is 8.47. The highest BCUT2D eigenvalue weighted by atomic mass is 16.5. The second-order valence-electron chi connectivity index (χ2n) is 6.37. The van der Waals surface area contributed by atoms with Crippen molar-refractivity contribution in [1.29, 1.82) is 0 Å². The molecule has 2 N–H and O–H groups in total. The number of nitrogens with one attached hydrogen (secondary N) is 2. The first-order valence-corrected chi connectivity index (χ1v) is 8.89. The highest BCUT2D eigenvalue weighted by Gasteiger charge is 2.15. The smallest absolute Gasteiger partial charge is 0.276 e. The predicted octanol–water partition coefficient (Wildman–Crippen LogP) is 3.41. The molecule has 150 valence electrons. The van der Waals surface area contributed by atoms with Crippen LogP contribution in [0, 0.1) is 6.92 Å². The minimum atomic E-state index is -0.409. The number of methoxy groups -OCH3 is 2. The van der Waals surface area contributed by atoms with Crippen molar-refractivity contribution in [2.75, 3.05) is 24.9 Å². The Bertz CT molecular complexity index is 1060. The summed E-state index contributed by atoms with van der Waals surface area (Å²) in [5, 5.41) is 9.81. The van der Waals surface area contributed by atoms with Crippen LogP contribution in [0.15, 0.2) is 48.7 Å². The van der Waals surface area contributed by atoms with E-state index < -0.39 is 5.91 Å². The van der Waals surface area contributed by atoms with Gasteiger partial charge in [-0.3, -0.25) is 9.59 Å². The van der Waals surface area contributed by atoms with E-state index in [4.69, 9.17) is 9.47 Å². The summed E-state index contributed by atoms with van der Waals surface area (Å²) in [6, 6.07) is 12.3. The van der Waals surface area contributed by atoms with Gasteiger partial charge in [0.05, 0.1) is 19.9 Å². The number of carbonyl (C=O) groups is 2. The third kappa shape index (κ3) is 4.55. The Kier molecular flexibility index (Phi) is 5.82. The summed E-state index contributed by atoms with van der Waals surface area (Å²) in [5.41, 5.74) is 2.97. The van der Waals surface area contributed by atoms with Crippen molar-refractivity contribution in [3.63, 3.8) is 0 Å². The molecule has 0 fully saturated rings. The zero-order valence-electron chi connectivity index (χ0n) is 16.6. The molecule has 0 saturated heterocycles. The van der Waals surface area contributed by atoms with E-state index in [-0.39, 0.29) is 11.6 Å². The molecule has 8 nitrogen and oxygen atoms in total. The Balaban J connectivity index is 1.86. The van der Waals surface area contributed by atoms with E-state index in [1.165, 1.54) is 14.0 Å². The maximum absolute atomic E-state index is 12.7. The van der Waals surface area contributed by atoms with Gasteiger partial charge >= 0.3 is 0 Å². The minimum Gasteiger partial charge on any atom is -0.495 e. The van der Waals surface area contributed by atoms with E-state index in [9.17, 15) is 9.59 Å². The molecule has 3 rings (SSSR count). The fourth-order valence-electron chi connectivity index (χ4n) is 2.83. The normalized spacial score (nSPS) is 10.3. The number of carbonyl (C=O) groups excluding carboxylic acids is 2. The summed E-state index contributed by atoms with van der Waals surface area (Å²) in [6.45, 7) is 3.38. The van der Waals surface area contributed by atoms with Crippen LogP contribution in [-0.4, -0.2) is 35.8 Å². The van der Waals surface area contributed by atoms with Crippen LogP contribution in [0.3, 0.4) is 0 Å². The van der Waals surface area contributed by atoms with Crippen molar-refractivity contribution in [3.8, 4) is 17.2 Å². The Labute approximate surface area is 168 Å². The number of nitrogens with zero attached hydrogens (tertiary/aromatic N) is 2. The summed E-state index contributed by atoms with van der Waals surface area (Å²) in [5.74, 6) is 0.495. The molecule has 0 aliphatic carbocycles. The number of anilines is 2. The van der Waals surface area contributed by atoms with Crippen molar-refractivity contribution in [2.45, 2.75) is 13.8 Å². The molecule has 0 spiro atoms. The van der Waals surface area contributed by atoms with Crippen molar-refractivity contribution < 1.29 is 19.1 Å². The van der Waals surface area contributed by atoms with Crippen LogP contribution in [-0.2, 0) is 4.79 Å². The fraction of sp³-hybridized carbons (Fsp3) is 0.190. The van der Waals surface area contributed by atoms with Gasteiger partial charge in [0.1, 0.15) is 17.2 Å². The molecule has 2 aromatic carbocycles. The van der Waals surface area contributed by atoms with Gasteiger partial charge in [-0.05, 0) is 48.9 Å². The van der Waals surface area contributed by atoms with Gasteiger partial charge in [-0.1, -0.05) is 6.07 Å². The van der Waals surface area contributed by atoms with E-state index in [2.05, 4.69) is 15.7 Å². The number of rotatable bonds is 6. The van der Waals surface area contributed by atoms with Crippen molar-refractivity contribution in [3.05, 3.63) is 59.9 Å². The van der Waals surface area contributed by atoms with Crippen LogP contribution >= 0.6 is 0 Å². The molecule has 1 aromatic heterocycles. The molecule has 2 amide bonds. The molecule has 0 saturated carbocycles. The number of hydrogen-bond acceptors (Lipinski definition) is 5. The van der Waals surface area contributed by atoms with E-state index in [1.54, 1.807) is 42.3 Å². The first-order chi connectivity index (χ1) is 13.9. The summed E-state index contributed by atoms with van der Waals surface area (Å²) in [4.78, 5) is 24.0. The average Bonchev–Trinajstić information content (AvgIpc) is 3.18. The highest BCUT2D eigenvalue weighted by Crippen LogP contribution is 2.28. The van der Waals surface area contributed by atoms with Gasteiger partial charge in [-0.25, -0.2) is 4.68 Å². The van der Waals surface area contributed by atoms with Crippen LogP contribution in [0.4, 0.5) is 11.4 Å². The number of aryl methyl sites for hydroxylation is 1. The van der Waals surface area contributed by atoms with Gasteiger partial charge in [0.15, 0.2) is 5.69 Å². The lowest BCUT2D eigenvalue weighted by molar-refractivity contribution is -0.114. The number of ether oxygens (including phenoxy) is 2. The van der Waals surface area contributed by atoms with Crippen LogP contribution in [0.2, 0.25) is 0 Å². The zero-order chi connectivity index (χ0) is 21.0. The van der Waals surface area contributed by atoms with Gasteiger partial charge in [0, 0.05) is 18.8 Å². The van der Waals surface area contributed by atoms with Gasteiger partial charge in [-0.15, -0.1) is 0 Å². The number of amides is 2. The van der Waals surface area contributed by atoms with Crippen molar-refractivity contribution in [1.82, 2.24) is 9.78 Å². The molecule has 29 heavy (non-hydrogen) atoms. The maximum atomic E-state index is 12.7. The third-order valence-electron chi connectivity index (χ3n) is 4.17. The first kappa shape index (κ1) is 19.9. The number of aromatic nitrogens is 2. The highest BCUT2D eigenvalue weighted by molar-refractivity contribution is 6.04. The Hall–Kier alpha value is -3.81. The lowest BCUT2D eigenvalue weighted by Gasteiger charge is -2.12. The quantitative estimate of drug-likeness (QED) is 0.668. The monoisotopic (exact) mass is 394 g/mol. The topological polar surface area (TPSA) is 94.5 Å². The largest absolute Gasteiger partial charge is 0.495 e. The summed E-state index contributed by atoms with van der Waals surface area (Å²) >= 11 is 0. The number of hydrogen-bond donors (Lipinski definition) is 2. The summed E-state index contributed by atoms with van der Waals surface area (Å²) in [7, 11) is 3.08. The zero-order valence-corrected chi connectivity index (χ0v) is 16.6. The molecule has 8 heteroatoms. The summed E-state index contributed by atoms with van der Waals surface area (Å²) < 4.78 is 12.3. The molecule has 0 aliphatic rings. The molecule has 0 radical (unpaired) electrons. The van der Waals surface area contributed by atoms with Crippen LogP contribution in [0.25, 0.3) is 5.69 Å². The molecule has 0 unspecified atom stereocenters. The predicted molar refractivity (Wildman–Crippen MR) is 110 cm³/mol. The third-order valence-corrected chi connectivity index (χ3v) is 4.17. The lowest BCUT2D eigenvalue weighted by Crippen LogP contribution is -2.14. The SMILES string of the molecule is COc1ccc(NC(C)=O)cc1NC(=O)c1ccn(-c2cc(C)ccc2OC)n1.